The molecule has 0 aliphatic carbocycles. The van der Waals surface area contributed by atoms with Gasteiger partial charge in [0.05, 0.1) is 27.2 Å². The van der Waals surface area contributed by atoms with Gasteiger partial charge in [-0.1, -0.05) is 58.5 Å². The molecule has 0 unspecified atom stereocenters. The Kier molecular flexibility index (Phi) is 11.6. The molecule has 0 aliphatic rings. The number of carboxylic acid groups (broad SMARTS) is 1. The van der Waals surface area contributed by atoms with Crippen LogP contribution >= 0.6 is 46.4 Å². The minimum atomic E-state index is -1.03. The van der Waals surface area contributed by atoms with Gasteiger partial charge in [-0.15, -0.1) is 0 Å². The summed E-state index contributed by atoms with van der Waals surface area (Å²) in [6.45, 7) is 3.62. The van der Waals surface area contributed by atoms with Crippen LogP contribution in [0.4, 0.5) is 11.4 Å². The molecule has 2 aromatic heterocycles. The standard InChI is InChI=1S/C19H16Cl2N2O3.C18H14Cl2N2O3/c1-11(24)22-14-4-6-17-13(8-14)9-18(19(25)26-2)23(17)10-12-3-5-15(20)16(21)7-12;1-10(23)21-13-3-5-16-12(7-13)8-17(18(24)25)22(16)9-11-2-4-14(19)15(20)6-11/h3-9H,10H2,1-2H3,(H,22,24);2-8H,9H2,1H3,(H,21,23)(H,24,25). The number of fused-ring (bicyclic) bond motifs is 2. The fraction of sp³-hybridized carbons (Fsp3) is 0.135. The number of methoxy groups -OCH3 is 1. The Morgan fingerprint density at radius 1 is 0.608 bits per heavy atom. The van der Waals surface area contributed by atoms with Crippen LogP contribution in [0.3, 0.4) is 0 Å². The van der Waals surface area contributed by atoms with Crippen molar-refractivity contribution in [3.63, 3.8) is 0 Å². The molecule has 0 bridgehead atoms. The fourth-order valence-electron chi connectivity index (χ4n) is 5.54. The van der Waals surface area contributed by atoms with Crippen molar-refractivity contribution in [1.29, 1.82) is 0 Å². The van der Waals surface area contributed by atoms with Gasteiger partial charge < -0.3 is 29.6 Å². The van der Waals surface area contributed by atoms with E-state index in [9.17, 15) is 24.3 Å². The van der Waals surface area contributed by atoms with Crippen LogP contribution in [-0.2, 0) is 27.4 Å². The van der Waals surface area contributed by atoms with Crippen molar-refractivity contribution in [2.45, 2.75) is 26.9 Å². The largest absolute Gasteiger partial charge is 0.477 e. The van der Waals surface area contributed by atoms with Crippen molar-refractivity contribution in [1.82, 2.24) is 9.13 Å². The molecule has 0 saturated heterocycles. The first-order valence-corrected chi connectivity index (χ1v) is 16.8. The molecule has 10 nitrogen and oxygen atoms in total. The first-order valence-electron chi connectivity index (χ1n) is 15.2. The van der Waals surface area contributed by atoms with Crippen LogP contribution in [0.25, 0.3) is 21.8 Å². The van der Waals surface area contributed by atoms with Crippen LogP contribution in [-0.4, -0.2) is 45.1 Å². The van der Waals surface area contributed by atoms with E-state index in [4.69, 9.17) is 51.1 Å². The van der Waals surface area contributed by atoms with E-state index in [2.05, 4.69) is 10.6 Å². The monoisotopic (exact) mass is 766 g/mol. The number of esters is 1. The molecule has 6 aromatic rings. The van der Waals surface area contributed by atoms with Gasteiger partial charge in [0.15, 0.2) is 0 Å². The van der Waals surface area contributed by atoms with Crippen LogP contribution in [0.2, 0.25) is 20.1 Å². The first-order chi connectivity index (χ1) is 24.2. The minimum absolute atomic E-state index is 0.154. The van der Waals surface area contributed by atoms with Crippen molar-refractivity contribution in [3.8, 4) is 0 Å². The Balaban J connectivity index is 0.000000198. The number of hydrogen-bond acceptors (Lipinski definition) is 5. The molecule has 2 heterocycles. The molecule has 0 atom stereocenters. The zero-order valence-electron chi connectivity index (χ0n) is 27.4. The maximum Gasteiger partial charge on any atom is 0.354 e. The molecular formula is C37H30Cl4N4O6. The lowest BCUT2D eigenvalue weighted by atomic mass is 10.2. The zero-order chi connectivity index (χ0) is 37.0. The molecule has 6 rings (SSSR count). The Labute approximate surface area is 312 Å². The van der Waals surface area contributed by atoms with E-state index in [1.807, 2.05) is 22.8 Å². The van der Waals surface area contributed by atoms with Crippen molar-refractivity contribution in [3.05, 3.63) is 128 Å². The summed E-state index contributed by atoms with van der Waals surface area (Å²) < 4.78 is 8.44. The van der Waals surface area contributed by atoms with Crippen molar-refractivity contribution < 1.29 is 29.0 Å². The topological polar surface area (TPSA) is 132 Å². The maximum atomic E-state index is 12.2. The average Bonchev–Trinajstić information content (AvgIpc) is 3.61. The molecule has 262 valence electrons. The number of rotatable bonds is 8. The summed E-state index contributed by atoms with van der Waals surface area (Å²) in [5, 5.41) is 18.3. The predicted molar refractivity (Wildman–Crippen MR) is 202 cm³/mol. The van der Waals surface area contributed by atoms with E-state index in [-0.39, 0.29) is 17.5 Å². The third kappa shape index (κ3) is 8.84. The van der Waals surface area contributed by atoms with Gasteiger partial charge in [0, 0.05) is 60.1 Å². The number of anilines is 2. The van der Waals surface area contributed by atoms with Gasteiger partial charge in [-0.3, -0.25) is 9.59 Å². The highest BCUT2D eigenvalue weighted by atomic mass is 35.5. The molecule has 3 N–H and O–H groups in total. The summed E-state index contributed by atoms with van der Waals surface area (Å²) in [4.78, 5) is 46.3. The lowest BCUT2D eigenvalue weighted by Crippen LogP contribution is -2.11. The molecule has 0 radical (unpaired) electrons. The number of benzene rings is 4. The molecule has 2 amide bonds. The lowest BCUT2D eigenvalue weighted by molar-refractivity contribution is -0.115. The average molecular weight is 768 g/mol. The molecule has 0 aliphatic heterocycles. The predicted octanol–water partition coefficient (Wildman–Crippen LogP) is 9.39. The number of nitrogens with zero attached hydrogens (tertiary/aromatic N) is 2. The number of carbonyl (C=O) groups is 4. The normalized spacial score (nSPS) is 10.8. The van der Waals surface area contributed by atoms with E-state index >= 15 is 0 Å². The number of ether oxygens (including phenoxy) is 1. The minimum Gasteiger partial charge on any atom is -0.477 e. The van der Waals surface area contributed by atoms with Crippen LogP contribution < -0.4 is 10.6 Å². The van der Waals surface area contributed by atoms with Gasteiger partial charge in [-0.25, -0.2) is 9.59 Å². The van der Waals surface area contributed by atoms with Gasteiger partial charge in [0.2, 0.25) is 11.8 Å². The third-order valence-electron chi connectivity index (χ3n) is 7.71. The van der Waals surface area contributed by atoms with Crippen LogP contribution in [0.15, 0.2) is 84.9 Å². The van der Waals surface area contributed by atoms with Gasteiger partial charge >= 0.3 is 11.9 Å². The number of amides is 2. The summed E-state index contributed by atoms with van der Waals surface area (Å²) >= 11 is 24.0. The molecule has 4 aromatic carbocycles. The highest BCUT2D eigenvalue weighted by Gasteiger charge is 2.18. The number of halogens is 4. The molecular weight excluding hydrogens is 738 g/mol. The maximum absolute atomic E-state index is 12.2. The number of hydrogen-bond donors (Lipinski definition) is 3. The Hall–Kier alpha value is -5.00. The molecule has 0 spiro atoms. The number of nitrogens with one attached hydrogen (secondary N) is 2. The van der Waals surface area contributed by atoms with E-state index in [0.29, 0.717) is 50.2 Å². The summed E-state index contributed by atoms with van der Waals surface area (Å²) in [6, 6.07) is 24.6. The second kappa shape index (κ2) is 15.9. The van der Waals surface area contributed by atoms with Crippen molar-refractivity contribution >= 4 is 103 Å². The molecule has 0 fully saturated rings. The van der Waals surface area contributed by atoms with E-state index in [1.165, 1.54) is 21.0 Å². The molecule has 51 heavy (non-hydrogen) atoms. The summed E-state index contributed by atoms with van der Waals surface area (Å²) in [6.07, 6.45) is 0. The Morgan fingerprint density at radius 3 is 1.43 bits per heavy atom. The number of carbonyl (C=O) groups excluding carboxylic acids is 3. The molecule has 0 saturated carbocycles. The van der Waals surface area contributed by atoms with E-state index < -0.39 is 11.9 Å². The molecule has 14 heteroatoms. The van der Waals surface area contributed by atoms with Crippen molar-refractivity contribution in [2.75, 3.05) is 17.7 Å². The number of aromatic nitrogens is 2. The number of carboxylic acids is 1. The summed E-state index contributed by atoms with van der Waals surface area (Å²) in [5.41, 5.74) is 5.16. The second-order valence-electron chi connectivity index (χ2n) is 11.4. The summed E-state index contributed by atoms with van der Waals surface area (Å²) in [5.74, 6) is -1.82. The third-order valence-corrected chi connectivity index (χ3v) is 9.18. The second-order valence-corrected chi connectivity index (χ2v) is 13.1. The summed E-state index contributed by atoms with van der Waals surface area (Å²) in [7, 11) is 1.34. The SMILES string of the molecule is CC(=O)Nc1ccc2c(c1)cc(C(=O)O)n2Cc1ccc(Cl)c(Cl)c1.COC(=O)c1cc2cc(NC(C)=O)ccc2n1Cc1ccc(Cl)c(Cl)c1. The smallest absolute Gasteiger partial charge is 0.354 e. The zero-order valence-corrected chi connectivity index (χ0v) is 30.4. The quantitative estimate of drug-likeness (QED) is 0.132. The van der Waals surface area contributed by atoms with Crippen LogP contribution in [0, 0.1) is 0 Å². The van der Waals surface area contributed by atoms with Gasteiger partial charge in [-0.2, -0.15) is 0 Å². The van der Waals surface area contributed by atoms with Crippen LogP contribution in [0.5, 0.6) is 0 Å². The Bertz CT molecular complexity index is 2330. The van der Waals surface area contributed by atoms with Gasteiger partial charge in [0.1, 0.15) is 11.4 Å². The highest BCUT2D eigenvalue weighted by molar-refractivity contribution is 6.42. The lowest BCUT2D eigenvalue weighted by Gasteiger charge is -2.11. The Morgan fingerprint density at radius 2 is 1.04 bits per heavy atom. The van der Waals surface area contributed by atoms with E-state index in [0.717, 1.165) is 32.9 Å². The first kappa shape index (κ1) is 37.3. The fourth-order valence-corrected chi connectivity index (χ4v) is 6.18. The van der Waals surface area contributed by atoms with Crippen molar-refractivity contribution in [2.24, 2.45) is 0 Å². The van der Waals surface area contributed by atoms with Crippen LogP contribution in [0.1, 0.15) is 46.0 Å². The highest BCUT2D eigenvalue weighted by Crippen LogP contribution is 2.29. The van der Waals surface area contributed by atoms with Gasteiger partial charge in [-0.05, 0) is 83.9 Å². The number of aromatic carboxylic acids is 1. The van der Waals surface area contributed by atoms with Gasteiger partial charge in [0.25, 0.3) is 0 Å². The van der Waals surface area contributed by atoms with E-state index in [1.54, 1.807) is 71.3 Å².